The molecular weight excluding hydrogens is 522 g/mol. The van der Waals surface area contributed by atoms with Crippen LogP contribution in [0.3, 0.4) is 0 Å². The molecule has 1 N–H and O–H groups in total. The normalized spacial score (nSPS) is 10.9. The van der Waals surface area contributed by atoms with Crippen molar-refractivity contribution >= 4 is 23.3 Å². The molecule has 0 spiro atoms. The van der Waals surface area contributed by atoms with Crippen molar-refractivity contribution in [3.05, 3.63) is 119 Å². The van der Waals surface area contributed by atoms with Gasteiger partial charge >= 0.3 is 6.03 Å². The highest BCUT2D eigenvalue weighted by atomic mass is 35.5. The summed E-state index contributed by atoms with van der Waals surface area (Å²) in [7, 11) is 0. The van der Waals surface area contributed by atoms with Gasteiger partial charge in [-0.2, -0.15) is 18.6 Å². The highest BCUT2D eigenvalue weighted by Crippen LogP contribution is 2.33. The van der Waals surface area contributed by atoms with Gasteiger partial charge in [0, 0.05) is 34.1 Å². The van der Waals surface area contributed by atoms with Gasteiger partial charge in [-0.15, -0.1) is 0 Å². The number of aromatic nitrogens is 2. The third-order valence-electron chi connectivity index (χ3n) is 5.52. The van der Waals surface area contributed by atoms with Crippen molar-refractivity contribution in [3.63, 3.8) is 0 Å². The Morgan fingerprint density at radius 2 is 1.45 bits per heavy atom. The van der Waals surface area contributed by atoms with E-state index in [4.69, 9.17) is 16.3 Å². The summed E-state index contributed by atoms with van der Waals surface area (Å²) in [5.74, 6) is -7.82. The first-order valence-corrected chi connectivity index (χ1v) is 11.5. The lowest BCUT2D eigenvalue weighted by atomic mass is 10.0. The van der Waals surface area contributed by atoms with Crippen LogP contribution in [0.15, 0.2) is 91.1 Å². The van der Waals surface area contributed by atoms with Crippen LogP contribution in [0.1, 0.15) is 0 Å². The van der Waals surface area contributed by atoms with E-state index in [1.54, 1.807) is 30.5 Å². The molecule has 0 bridgehead atoms. The molecule has 5 rings (SSSR count). The van der Waals surface area contributed by atoms with Crippen molar-refractivity contribution < 1.29 is 27.1 Å². The summed E-state index contributed by atoms with van der Waals surface area (Å²) in [4.78, 5) is 13.0. The number of halogens is 5. The Kier molecular flexibility index (Phi) is 6.85. The van der Waals surface area contributed by atoms with Crippen LogP contribution in [-0.4, -0.2) is 15.8 Å². The van der Waals surface area contributed by atoms with Crippen LogP contribution in [0.5, 0.6) is 11.5 Å². The average Bonchev–Trinajstić information content (AvgIpc) is 3.38. The standard InChI is InChI=1S/C28H16ClF4N3O2/c29-18-8-6-17(7-9-18)26-21(16-4-2-1-3-5-16)15-36(35-26)28(37)34-19-10-12-20(13-11-19)38-27-24(32)22(30)14-23(31)25(27)33/h1-15H,(H,34,37). The number of ether oxygens (including phenoxy) is 1. The third kappa shape index (κ3) is 5.09. The first-order valence-electron chi connectivity index (χ1n) is 11.1. The van der Waals surface area contributed by atoms with Crippen molar-refractivity contribution in [2.45, 2.75) is 0 Å². The molecule has 0 radical (unpaired) electrons. The second-order valence-electron chi connectivity index (χ2n) is 8.06. The second-order valence-corrected chi connectivity index (χ2v) is 8.50. The summed E-state index contributed by atoms with van der Waals surface area (Å²) in [6, 6.07) is 21.3. The highest BCUT2D eigenvalue weighted by Gasteiger charge is 2.21. The van der Waals surface area contributed by atoms with Crippen molar-refractivity contribution in [3.8, 4) is 33.9 Å². The number of amides is 1. The number of carbonyl (C=O) groups is 1. The lowest BCUT2D eigenvalue weighted by Gasteiger charge is -2.10. The molecule has 5 aromatic rings. The van der Waals surface area contributed by atoms with Crippen LogP contribution in [-0.2, 0) is 0 Å². The monoisotopic (exact) mass is 537 g/mol. The lowest BCUT2D eigenvalue weighted by Crippen LogP contribution is -2.19. The molecule has 0 aliphatic rings. The van der Waals surface area contributed by atoms with E-state index in [-0.39, 0.29) is 11.8 Å². The van der Waals surface area contributed by atoms with Gasteiger partial charge in [0.25, 0.3) is 0 Å². The fraction of sp³-hybridized carbons (Fsp3) is 0. The van der Waals surface area contributed by atoms with E-state index >= 15 is 0 Å². The van der Waals surface area contributed by atoms with E-state index in [1.165, 1.54) is 24.3 Å². The zero-order valence-corrected chi connectivity index (χ0v) is 20.0. The van der Waals surface area contributed by atoms with Crippen molar-refractivity contribution in [2.24, 2.45) is 0 Å². The molecule has 1 heterocycles. The minimum absolute atomic E-state index is 0.0903. The molecular formula is C28H16ClF4N3O2. The van der Waals surface area contributed by atoms with Gasteiger partial charge < -0.3 is 10.1 Å². The van der Waals surface area contributed by atoms with Gasteiger partial charge in [0.2, 0.25) is 17.4 Å². The summed E-state index contributed by atoms with van der Waals surface area (Å²) in [6.07, 6.45) is 1.59. The fourth-order valence-electron chi connectivity index (χ4n) is 3.67. The molecule has 0 atom stereocenters. The molecule has 0 saturated carbocycles. The van der Waals surface area contributed by atoms with Crippen molar-refractivity contribution in [1.82, 2.24) is 9.78 Å². The number of hydrogen-bond donors (Lipinski definition) is 1. The molecule has 10 heteroatoms. The zero-order valence-electron chi connectivity index (χ0n) is 19.3. The maximum atomic E-state index is 13.9. The minimum atomic E-state index is -1.66. The Morgan fingerprint density at radius 3 is 2.08 bits per heavy atom. The van der Waals surface area contributed by atoms with Crippen LogP contribution >= 0.6 is 11.6 Å². The number of anilines is 1. The number of rotatable bonds is 5. The molecule has 1 aromatic heterocycles. The van der Waals surface area contributed by atoms with Crippen LogP contribution in [0, 0.1) is 23.3 Å². The summed E-state index contributed by atoms with van der Waals surface area (Å²) >= 11 is 6.02. The smallest absolute Gasteiger partial charge is 0.346 e. The summed E-state index contributed by atoms with van der Waals surface area (Å²) in [6.45, 7) is 0. The topological polar surface area (TPSA) is 56.1 Å². The van der Waals surface area contributed by atoms with Crippen LogP contribution in [0.25, 0.3) is 22.4 Å². The van der Waals surface area contributed by atoms with Gasteiger partial charge in [0.1, 0.15) is 11.4 Å². The highest BCUT2D eigenvalue weighted by molar-refractivity contribution is 6.30. The molecule has 0 fully saturated rings. The van der Waals surface area contributed by atoms with Gasteiger partial charge in [-0.05, 0) is 42.0 Å². The van der Waals surface area contributed by atoms with E-state index in [2.05, 4.69) is 10.4 Å². The maximum absolute atomic E-state index is 13.9. The first-order chi connectivity index (χ1) is 18.3. The van der Waals surface area contributed by atoms with Gasteiger partial charge in [-0.3, -0.25) is 0 Å². The maximum Gasteiger partial charge on any atom is 0.346 e. The van der Waals surface area contributed by atoms with E-state index in [0.717, 1.165) is 21.4 Å². The minimum Gasteiger partial charge on any atom is -0.451 e. The summed E-state index contributed by atoms with van der Waals surface area (Å²) in [5.41, 5.74) is 3.20. The van der Waals surface area contributed by atoms with Gasteiger partial charge in [-0.1, -0.05) is 54.1 Å². The number of benzene rings is 4. The van der Waals surface area contributed by atoms with Gasteiger partial charge in [0.05, 0.1) is 0 Å². The van der Waals surface area contributed by atoms with Crippen molar-refractivity contribution in [2.75, 3.05) is 5.32 Å². The zero-order chi connectivity index (χ0) is 26.8. The summed E-state index contributed by atoms with van der Waals surface area (Å²) in [5, 5.41) is 7.70. The Bertz CT molecular complexity index is 1600. The van der Waals surface area contributed by atoms with Crippen molar-refractivity contribution in [1.29, 1.82) is 0 Å². The molecule has 0 aliphatic heterocycles. The van der Waals surface area contributed by atoms with Crippen LogP contribution < -0.4 is 10.1 Å². The largest absolute Gasteiger partial charge is 0.451 e. The first kappa shape index (κ1) is 25.0. The molecule has 38 heavy (non-hydrogen) atoms. The number of nitrogens with one attached hydrogen (secondary N) is 1. The van der Waals surface area contributed by atoms with Crippen LogP contribution in [0.4, 0.5) is 28.0 Å². The fourth-order valence-corrected chi connectivity index (χ4v) is 3.80. The van der Waals surface area contributed by atoms with E-state index in [1.807, 2.05) is 30.3 Å². The molecule has 5 nitrogen and oxygen atoms in total. The van der Waals surface area contributed by atoms with Gasteiger partial charge in [0.15, 0.2) is 11.6 Å². The van der Waals surface area contributed by atoms with E-state index in [0.29, 0.717) is 16.4 Å². The molecule has 190 valence electrons. The van der Waals surface area contributed by atoms with E-state index < -0.39 is 35.0 Å². The van der Waals surface area contributed by atoms with E-state index in [9.17, 15) is 22.4 Å². The number of carbonyl (C=O) groups excluding carboxylic acids is 1. The predicted octanol–water partition coefficient (Wildman–Crippen LogP) is 8.30. The number of nitrogens with zero attached hydrogens (tertiary/aromatic N) is 2. The lowest BCUT2D eigenvalue weighted by molar-refractivity contribution is 0.251. The quantitative estimate of drug-likeness (QED) is 0.181. The van der Waals surface area contributed by atoms with Crippen LogP contribution in [0.2, 0.25) is 5.02 Å². The molecule has 0 saturated heterocycles. The summed E-state index contributed by atoms with van der Waals surface area (Å²) < 4.78 is 60.8. The Balaban J connectivity index is 1.38. The average molecular weight is 538 g/mol. The SMILES string of the molecule is O=C(Nc1ccc(Oc2c(F)c(F)cc(F)c2F)cc1)n1cc(-c2ccccc2)c(-c2ccc(Cl)cc2)n1. The Labute approximate surface area is 218 Å². The predicted molar refractivity (Wildman–Crippen MR) is 135 cm³/mol. The molecule has 0 aliphatic carbocycles. The molecule has 0 unspecified atom stereocenters. The molecule has 4 aromatic carbocycles. The molecule has 1 amide bonds. The Morgan fingerprint density at radius 1 is 0.816 bits per heavy atom. The second kappa shape index (κ2) is 10.4. The number of hydrogen-bond acceptors (Lipinski definition) is 3. The third-order valence-corrected chi connectivity index (χ3v) is 5.77. The Hall–Kier alpha value is -4.63. The van der Waals surface area contributed by atoms with Gasteiger partial charge in [-0.25, -0.2) is 13.6 Å².